The van der Waals surface area contributed by atoms with Gasteiger partial charge in [-0.25, -0.2) is 9.78 Å². The van der Waals surface area contributed by atoms with Gasteiger partial charge in [-0.2, -0.15) is 0 Å². The van der Waals surface area contributed by atoms with Gasteiger partial charge in [0.2, 0.25) is 11.8 Å². The van der Waals surface area contributed by atoms with E-state index in [0.717, 1.165) is 47.6 Å². The molecule has 1 aromatic heterocycles. The first kappa shape index (κ1) is 27.4. The number of aromatic nitrogens is 1. The van der Waals surface area contributed by atoms with Crippen molar-refractivity contribution >= 4 is 34.5 Å². The summed E-state index contributed by atoms with van der Waals surface area (Å²) in [5, 5.41) is 7.62. The highest BCUT2D eigenvalue weighted by molar-refractivity contribution is 5.93. The van der Waals surface area contributed by atoms with Gasteiger partial charge in [-0.3, -0.25) is 9.59 Å². The van der Waals surface area contributed by atoms with Crippen molar-refractivity contribution < 1.29 is 19.1 Å². The van der Waals surface area contributed by atoms with Crippen LogP contribution in [0.5, 0.6) is 0 Å². The second kappa shape index (κ2) is 12.8. The largest absolute Gasteiger partial charge is 0.445 e. The van der Waals surface area contributed by atoms with Gasteiger partial charge < -0.3 is 26.0 Å². The van der Waals surface area contributed by atoms with E-state index in [-0.39, 0.29) is 18.4 Å². The van der Waals surface area contributed by atoms with Crippen LogP contribution in [0.4, 0.5) is 10.6 Å². The Morgan fingerprint density at radius 3 is 2.55 bits per heavy atom. The standard InChI is InChI=1S/C31H37N5O4/c32-28-25-12-11-23(17-24(25)13-15-33-28)19-34-29(37)27-14-16-36(27)30(38)26(18-21-7-3-1-4-8-21)35-31(39)40-20-22-9-5-2-6-10-22/h2,5-6,9-13,15,17,21,26-27H,1,3-4,7-8,14,16,18-20H2,(H2,32,33)(H,34,37)(H,35,39). The van der Waals surface area contributed by atoms with E-state index >= 15 is 0 Å². The minimum absolute atomic E-state index is 0.129. The molecule has 2 fully saturated rings. The normalized spacial score (nSPS) is 18.0. The van der Waals surface area contributed by atoms with E-state index in [1.165, 1.54) is 6.42 Å². The quantitative estimate of drug-likeness (QED) is 0.369. The Morgan fingerprint density at radius 1 is 1.00 bits per heavy atom. The van der Waals surface area contributed by atoms with Crippen molar-refractivity contribution in [2.24, 2.45) is 5.92 Å². The molecule has 210 valence electrons. The smallest absolute Gasteiger partial charge is 0.408 e. The molecule has 0 spiro atoms. The summed E-state index contributed by atoms with van der Waals surface area (Å²) in [4.78, 5) is 45.1. The summed E-state index contributed by atoms with van der Waals surface area (Å²) in [6.45, 7) is 0.954. The molecule has 2 heterocycles. The number of rotatable bonds is 9. The van der Waals surface area contributed by atoms with E-state index in [1.54, 1.807) is 11.1 Å². The van der Waals surface area contributed by atoms with E-state index in [4.69, 9.17) is 10.5 Å². The van der Waals surface area contributed by atoms with E-state index in [0.29, 0.717) is 37.7 Å². The van der Waals surface area contributed by atoms with Crippen molar-refractivity contribution in [2.75, 3.05) is 12.3 Å². The number of carbonyl (C=O) groups is 3. The number of pyridine rings is 1. The van der Waals surface area contributed by atoms with Gasteiger partial charge in [0.05, 0.1) is 0 Å². The highest BCUT2D eigenvalue weighted by atomic mass is 16.5. The summed E-state index contributed by atoms with van der Waals surface area (Å²) < 4.78 is 5.42. The molecule has 3 amide bonds. The molecule has 2 unspecified atom stereocenters. The van der Waals surface area contributed by atoms with Crippen molar-refractivity contribution in [1.82, 2.24) is 20.5 Å². The minimum atomic E-state index is -0.721. The lowest BCUT2D eigenvalue weighted by molar-refractivity contribution is -0.149. The third-order valence-electron chi connectivity index (χ3n) is 8.03. The summed E-state index contributed by atoms with van der Waals surface area (Å²) in [5.74, 6) is 0.416. The molecule has 40 heavy (non-hydrogen) atoms. The molecule has 9 heteroatoms. The first-order chi connectivity index (χ1) is 19.5. The molecule has 1 saturated heterocycles. The lowest BCUT2D eigenvalue weighted by Gasteiger charge is -2.42. The number of fused-ring (bicyclic) bond motifs is 1. The molecule has 2 aromatic carbocycles. The Balaban J connectivity index is 1.19. The third-order valence-corrected chi connectivity index (χ3v) is 8.03. The number of hydrogen-bond donors (Lipinski definition) is 3. The van der Waals surface area contributed by atoms with Gasteiger partial charge >= 0.3 is 6.09 Å². The monoisotopic (exact) mass is 543 g/mol. The molecule has 2 aliphatic rings. The Morgan fingerprint density at radius 2 is 1.80 bits per heavy atom. The van der Waals surface area contributed by atoms with Crippen LogP contribution in [0.25, 0.3) is 10.8 Å². The first-order valence-electron chi connectivity index (χ1n) is 14.2. The first-order valence-corrected chi connectivity index (χ1v) is 14.2. The van der Waals surface area contributed by atoms with E-state index < -0.39 is 18.2 Å². The molecule has 1 saturated carbocycles. The molecule has 1 aliphatic carbocycles. The van der Waals surface area contributed by atoms with Gasteiger partial charge in [0, 0.05) is 24.7 Å². The van der Waals surface area contributed by atoms with Crippen LogP contribution in [0.15, 0.2) is 60.8 Å². The zero-order valence-corrected chi connectivity index (χ0v) is 22.7. The van der Waals surface area contributed by atoms with E-state index in [9.17, 15) is 14.4 Å². The lowest BCUT2D eigenvalue weighted by Crippen LogP contribution is -2.62. The molecule has 5 rings (SSSR count). The average Bonchev–Trinajstić information content (AvgIpc) is 2.95. The number of nitrogens with zero attached hydrogens (tertiary/aromatic N) is 2. The number of nitrogens with two attached hydrogens (primary N) is 1. The summed E-state index contributed by atoms with van der Waals surface area (Å²) in [6.07, 6.45) is 7.75. The van der Waals surface area contributed by atoms with Crippen molar-refractivity contribution in [1.29, 1.82) is 0 Å². The van der Waals surface area contributed by atoms with Crippen LogP contribution in [0, 0.1) is 5.92 Å². The highest BCUT2D eigenvalue weighted by Crippen LogP contribution is 2.29. The Kier molecular flexibility index (Phi) is 8.78. The van der Waals surface area contributed by atoms with Crippen molar-refractivity contribution in [2.45, 2.75) is 70.2 Å². The lowest BCUT2D eigenvalue weighted by atomic mass is 9.84. The maximum absolute atomic E-state index is 13.6. The molecule has 0 radical (unpaired) electrons. The van der Waals surface area contributed by atoms with Crippen LogP contribution in [0.2, 0.25) is 0 Å². The van der Waals surface area contributed by atoms with Crippen LogP contribution in [0.1, 0.15) is 56.1 Å². The number of ether oxygens (including phenoxy) is 1. The number of nitrogens with one attached hydrogen (secondary N) is 2. The van der Waals surface area contributed by atoms with Crippen LogP contribution in [0.3, 0.4) is 0 Å². The maximum Gasteiger partial charge on any atom is 0.408 e. The SMILES string of the molecule is Nc1nccc2cc(CNC(=O)C3CCN3C(=O)C(CC3CCCCC3)NC(=O)OCc3ccccc3)ccc12. The Labute approximate surface area is 234 Å². The van der Waals surface area contributed by atoms with Gasteiger partial charge in [-0.1, -0.05) is 74.6 Å². The number of nitrogen functional groups attached to an aromatic ring is 1. The van der Waals surface area contributed by atoms with Gasteiger partial charge in [0.25, 0.3) is 0 Å². The van der Waals surface area contributed by atoms with Gasteiger partial charge in [0.15, 0.2) is 0 Å². The summed E-state index contributed by atoms with van der Waals surface area (Å²) in [6, 6.07) is 15.8. The fourth-order valence-electron chi connectivity index (χ4n) is 5.68. The summed E-state index contributed by atoms with van der Waals surface area (Å²) >= 11 is 0. The average molecular weight is 544 g/mol. The predicted molar refractivity (Wildman–Crippen MR) is 153 cm³/mol. The number of carbonyl (C=O) groups excluding carboxylic acids is 3. The van der Waals surface area contributed by atoms with Crippen molar-refractivity contribution in [3.8, 4) is 0 Å². The third kappa shape index (κ3) is 6.70. The second-order valence-corrected chi connectivity index (χ2v) is 10.8. The zero-order valence-electron chi connectivity index (χ0n) is 22.7. The van der Waals surface area contributed by atoms with Gasteiger partial charge in [-0.15, -0.1) is 0 Å². The van der Waals surface area contributed by atoms with E-state index in [2.05, 4.69) is 15.6 Å². The number of benzene rings is 2. The number of hydrogen-bond acceptors (Lipinski definition) is 6. The molecule has 4 N–H and O–H groups in total. The fourth-order valence-corrected chi connectivity index (χ4v) is 5.68. The van der Waals surface area contributed by atoms with Gasteiger partial charge in [0.1, 0.15) is 24.5 Å². The summed E-state index contributed by atoms with van der Waals surface area (Å²) in [7, 11) is 0. The molecule has 9 nitrogen and oxygen atoms in total. The maximum atomic E-state index is 13.6. The Hall–Kier alpha value is -4.14. The van der Waals surface area contributed by atoms with E-state index in [1.807, 2.05) is 54.6 Å². The van der Waals surface area contributed by atoms with Crippen LogP contribution < -0.4 is 16.4 Å². The number of amides is 3. The van der Waals surface area contributed by atoms with Crippen molar-refractivity contribution in [3.05, 3.63) is 71.9 Å². The summed E-state index contributed by atoms with van der Waals surface area (Å²) in [5.41, 5.74) is 7.75. The topological polar surface area (TPSA) is 127 Å². The second-order valence-electron chi connectivity index (χ2n) is 10.8. The molecule has 2 atom stereocenters. The van der Waals surface area contributed by atoms with Crippen LogP contribution >= 0.6 is 0 Å². The number of likely N-dealkylation sites (tertiary alicyclic amines) is 1. The predicted octanol–water partition coefficient (Wildman–Crippen LogP) is 4.30. The molecule has 1 aliphatic heterocycles. The fraction of sp³-hybridized carbons (Fsp3) is 0.419. The zero-order chi connectivity index (χ0) is 27.9. The number of alkyl carbamates (subject to hydrolysis) is 1. The minimum Gasteiger partial charge on any atom is -0.445 e. The number of anilines is 1. The molecule has 0 bridgehead atoms. The molecular formula is C31H37N5O4. The Bertz CT molecular complexity index is 1340. The van der Waals surface area contributed by atoms with Crippen LogP contribution in [-0.2, 0) is 27.5 Å². The highest BCUT2D eigenvalue weighted by Gasteiger charge is 2.41. The van der Waals surface area contributed by atoms with Crippen molar-refractivity contribution in [3.63, 3.8) is 0 Å². The molecule has 3 aromatic rings. The molecular weight excluding hydrogens is 506 g/mol. The van der Waals surface area contributed by atoms with Crippen LogP contribution in [-0.4, -0.2) is 46.4 Å². The van der Waals surface area contributed by atoms with Gasteiger partial charge in [-0.05, 0) is 47.4 Å².